The lowest BCUT2D eigenvalue weighted by Crippen LogP contribution is -2.47. The Bertz CT molecular complexity index is 438. The number of hydrogen-bond donors (Lipinski definition) is 1. The average molecular weight is 280 g/mol. The van der Waals surface area contributed by atoms with Crippen molar-refractivity contribution in [1.29, 1.82) is 0 Å². The van der Waals surface area contributed by atoms with E-state index in [1.165, 1.54) is 0 Å². The Morgan fingerprint density at radius 2 is 1.80 bits per heavy atom. The Morgan fingerprint density at radius 3 is 2.45 bits per heavy atom. The molecule has 1 aromatic rings. The summed E-state index contributed by atoms with van der Waals surface area (Å²) in [6.07, 6.45) is 1.10. The number of ether oxygens (including phenoxy) is 4. The summed E-state index contributed by atoms with van der Waals surface area (Å²) in [6, 6.07) is 7.35. The summed E-state index contributed by atoms with van der Waals surface area (Å²) in [7, 11) is 1.62. The van der Waals surface area contributed by atoms with Gasteiger partial charge >= 0.3 is 0 Å². The third-order valence-corrected chi connectivity index (χ3v) is 3.92. The summed E-state index contributed by atoms with van der Waals surface area (Å²) >= 11 is 0. The Labute approximate surface area is 118 Å². The number of methoxy groups -OCH3 is 1. The molecule has 3 rings (SSSR count). The van der Waals surface area contributed by atoms with Crippen LogP contribution < -0.4 is 9.47 Å². The molecule has 1 aromatic carbocycles. The first-order chi connectivity index (χ1) is 9.71. The van der Waals surface area contributed by atoms with Gasteiger partial charge in [0.15, 0.2) is 5.79 Å². The molecule has 1 aliphatic heterocycles. The summed E-state index contributed by atoms with van der Waals surface area (Å²) in [6.45, 7) is 1.23. The van der Waals surface area contributed by atoms with Crippen LogP contribution in [0.1, 0.15) is 19.3 Å². The fraction of sp³-hybridized carbons (Fsp3) is 0.600. The normalized spacial score (nSPS) is 28.5. The highest BCUT2D eigenvalue weighted by atomic mass is 16.7. The van der Waals surface area contributed by atoms with E-state index in [-0.39, 0.29) is 6.10 Å². The Hall–Kier alpha value is -1.30. The van der Waals surface area contributed by atoms with Gasteiger partial charge in [-0.25, -0.2) is 0 Å². The molecule has 1 spiro atoms. The molecule has 0 amide bonds. The van der Waals surface area contributed by atoms with Crippen molar-refractivity contribution in [3.63, 3.8) is 0 Å². The van der Waals surface area contributed by atoms with Crippen molar-refractivity contribution in [1.82, 2.24) is 0 Å². The van der Waals surface area contributed by atoms with E-state index in [0.29, 0.717) is 31.8 Å². The third-order valence-electron chi connectivity index (χ3n) is 3.92. The predicted octanol–water partition coefficient (Wildman–Crippen LogP) is 1.73. The first kappa shape index (κ1) is 13.7. The van der Waals surface area contributed by atoms with Crippen LogP contribution in [0.5, 0.6) is 11.5 Å². The van der Waals surface area contributed by atoms with Crippen LogP contribution >= 0.6 is 0 Å². The second kappa shape index (κ2) is 5.60. The van der Waals surface area contributed by atoms with E-state index in [4.69, 9.17) is 18.9 Å². The summed E-state index contributed by atoms with van der Waals surface area (Å²) in [5.41, 5.74) is 0. The first-order valence-corrected chi connectivity index (χ1v) is 6.97. The lowest BCUT2D eigenvalue weighted by molar-refractivity contribution is -0.209. The van der Waals surface area contributed by atoms with Crippen molar-refractivity contribution in [2.75, 3.05) is 20.3 Å². The zero-order valence-electron chi connectivity index (χ0n) is 11.6. The average Bonchev–Trinajstić information content (AvgIpc) is 2.92. The molecule has 5 heteroatoms. The van der Waals surface area contributed by atoms with Gasteiger partial charge in [0.05, 0.1) is 26.4 Å². The van der Waals surface area contributed by atoms with Gasteiger partial charge in [-0.3, -0.25) is 0 Å². The molecular formula is C15H20O5. The van der Waals surface area contributed by atoms with Gasteiger partial charge in [-0.2, -0.15) is 0 Å². The van der Waals surface area contributed by atoms with Gasteiger partial charge in [0.2, 0.25) is 0 Å². The molecule has 1 N–H and O–H groups in total. The van der Waals surface area contributed by atoms with E-state index < -0.39 is 11.9 Å². The van der Waals surface area contributed by atoms with E-state index in [1.807, 2.05) is 24.3 Å². The number of rotatable bonds is 3. The molecule has 2 fully saturated rings. The van der Waals surface area contributed by atoms with Crippen molar-refractivity contribution < 1.29 is 24.1 Å². The molecule has 0 bridgehead atoms. The molecule has 2 aliphatic rings. The Morgan fingerprint density at radius 1 is 1.15 bits per heavy atom. The number of hydrogen-bond acceptors (Lipinski definition) is 5. The van der Waals surface area contributed by atoms with Crippen LogP contribution in [-0.2, 0) is 9.47 Å². The van der Waals surface area contributed by atoms with E-state index in [2.05, 4.69) is 0 Å². The van der Waals surface area contributed by atoms with Crippen LogP contribution in [0, 0.1) is 0 Å². The van der Waals surface area contributed by atoms with Crippen LogP contribution in [0.15, 0.2) is 24.3 Å². The van der Waals surface area contributed by atoms with Crippen molar-refractivity contribution >= 4 is 0 Å². The fourth-order valence-electron chi connectivity index (χ4n) is 2.81. The molecule has 0 aromatic heterocycles. The maximum atomic E-state index is 10.1. The van der Waals surface area contributed by atoms with Gasteiger partial charge < -0.3 is 24.1 Å². The molecule has 1 saturated carbocycles. The minimum Gasteiger partial charge on any atom is -0.497 e. The molecule has 20 heavy (non-hydrogen) atoms. The zero-order valence-corrected chi connectivity index (χ0v) is 11.6. The lowest BCUT2D eigenvalue weighted by Gasteiger charge is -2.38. The standard InChI is InChI=1S/C15H20O5/c1-17-11-2-4-12(5-3-11)20-14-10-15(7-6-13(14)16)18-8-9-19-15/h2-5,13-14,16H,6-10H2,1H3. The topological polar surface area (TPSA) is 57.2 Å². The molecule has 110 valence electrons. The quantitative estimate of drug-likeness (QED) is 0.914. The van der Waals surface area contributed by atoms with E-state index in [9.17, 15) is 5.11 Å². The van der Waals surface area contributed by atoms with Crippen molar-refractivity contribution in [2.45, 2.75) is 37.3 Å². The van der Waals surface area contributed by atoms with E-state index in [0.717, 1.165) is 12.2 Å². The number of aliphatic hydroxyl groups excluding tert-OH is 1. The highest BCUT2D eigenvalue weighted by molar-refractivity contribution is 5.31. The van der Waals surface area contributed by atoms with Gasteiger partial charge in [0.1, 0.15) is 17.6 Å². The molecule has 2 unspecified atom stereocenters. The summed E-state index contributed by atoms with van der Waals surface area (Å²) in [5.74, 6) is 0.932. The van der Waals surface area contributed by atoms with Crippen LogP contribution in [0.2, 0.25) is 0 Å². The maximum absolute atomic E-state index is 10.1. The lowest BCUT2D eigenvalue weighted by atomic mass is 9.89. The first-order valence-electron chi connectivity index (χ1n) is 6.97. The monoisotopic (exact) mass is 280 g/mol. The van der Waals surface area contributed by atoms with Gasteiger partial charge in [-0.1, -0.05) is 0 Å². The third kappa shape index (κ3) is 2.75. The summed E-state index contributed by atoms with van der Waals surface area (Å²) in [5, 5.41) is 10.1. The molecule has 1 heterocycles. The van der Waals surface area contributed by atoms with Crippen LogP contribution in [-0.4, -0.2) is 43.4 Å². The van der Waals surface area contributed by atoms with Crippen LogP contribution in [0.3, 0.4) is 0 Å². The highest BCUT2D eigenvalue weighted by Crippen LogP contribution is 2.37. The number of aliphatic hydroxyl groups is 1. The van der Waals surface area contributed by atoms with Crippen molar-refractivity contribution in [3.05, 3.63) is 24.3 Å². The molecule has 5 nitrogen and oxygen atoms in total. The van der Waals surface area contributed by atoms with E-state index in [1.54, 1.807) is 7.11 Å². The van der Waals surface area contributed by atoms with Gasteiger partial charge in [-0.15, -0.1) is 0 Å². The second-order valence-corrected chi connectivity index (χ2v) is 5.25. The second-order valence-electron chi connectivity index (χ2n) is 5.25. The molecular weight excluding hydrogens is 260 g/mol. The van der Waals surface area contributed by atoms with Gasteiger partial charge in [-0.05, 0) is 30.7 Å². The van der Waals surface area contributed by atoms with Crippen molar-refractivity contribution in [2.24, 2.45) is 0 Å². The largest absolute Gasteiger partial charge is 0.497 e. The molecule has 0 radical (unpaired) electrons. The number of benzene rings is 1. The predicted molar refractivity (Wildman–Crippen MR) is 71.9 cm³/mol. The smallest absolute Gasteiger partial charge is 0.172 e. The maximum Gasteiger partial charge on any atom is 0.172 e. The minimum absolute atomic E-state index is 0.310. The summed E-state index contributed by atoms with van der Waals surface area (Å²) in [4.78, 5) is 0. The van der Waals surface area contributed by atoms with E-state index >= 15 is 0 Å². The molecule has 2 atom stereocenters. The van der Waals surface area contributed by atoms with Crippen molar-refractivity contribution in [3.8, 4) is 11.5 Å². The van der Waals surface area contributed by atoms with Crippen LogP contribution in [0.4, 0.5) is 0 Å². The zero-order chi connectivity index (χ0) is 14.0. The minimum atomic E-state index is -0.559. The molecule has 1 saturated heterocycles. The Balaban J connectivity index is 1.67. The Kier molecular flexibility index (Phi) is 3.83. The van der Waals surface area contributed by atoms with Gasteiger partial charge in [0.25, 0.3) is 0 Å². The summed E-state index contributed by atoms with van der Waals surface area (Å²) < 4.78 is 22.4. The van der Waals surface area contributed by atoms with Gasteiger partial charge in [0, 0.05) is 12.8 Å². The van der Waals surface area contributed by atoms with Crippen LogP contribution in [0.25, 0.3) is 0 Å². The fourth-order valence-corrected chi connectivity index (χ4v) is 2.81. The SMILES string of the molecule is COc1ccc(OC2CC3(CCC2O)OCCO3)cc1. The molecule has 1 aliphatic carbocycles. The highest BCUT2D eigenvalue weighted by Gasteiger charge is 2.45.